The first-order valence-corrected chi connectivity index (χ1v) is 25.7. The molecule has 78 heavy (non-hydrogen) atoms. The molecule has 0 saturated carbocycles. The molecule has 7 nitrogen and oxygen atoms in total. The third kappa shape index (κ3) is 7.32. The number of benzene rings is 10. The van der Waals surface area contributed by atoms with Crippen LogP contribution < -0.4 is 0 Å². The first-order chi connectivity index (χ1) is 38.3. The van der Waals surface area contributed by atoms with Crippen LogP contribution in [0.25, 0.3) is 133 Å². The number of fused-ring (bicyclic) bond motifs is 10. The van der Waals surface area contributed by atoms with Crippen molar-refractivity contribution in [1.82, 2.24) is 33.2 Å². The van der Waals surface area contributed by atoms with Crippen LogP contribution in [0.15, 0.2) is 255 Å². The monoisotopic (exact) mass is 1010 g/mol. The Kier molecular flexibility index (Phi) is 10.2. The highest BCUT2D eigenvalue weighted by Crippen LogP contribution is 2.44. The van der Waals surface area contributed by atoms with Gasteiger partial charge in [-0.2, -0.15) is 13.2 Å². The smallest absolute Gasteiger partial charge is 0.316 e. The van der Waals surface area contributed by atoms with Crippen molar-refractivity contribution in [2.45, 2.75) is 6.18 Å². The van der Waals surface area contributed by atoms with Crippen molar-refractivity contribution < 1.29 is 13.2 Å². The summed E-state index contributed by atoms with van der Waals surface area (Å²) in [6.07, 6.45) is -0.541. The van der Waals surface area contributed by atoms with Crippen LogP contribution in [0.2, 0.25) is 0 Å². The Morgan fingerprint density at radius 1 is 0.295 bits per heavy atom. The van der Waals surface area contributed by atoms with Crippen LogP contribution in [0, 0.1) is 0 Å². The van der Waals surface area contributed by atoms with Gasteiger partial charge in [-0.1, -0.05) is 146 Å². The van der Waals surface area contributed by atoms with Crippen LogP contribution in [0.4, 0.5) is 13.2 Å². The van der Waals surface area contributed by atoms with Crippen molar-refractivity contribution in [2.75, 3.05) is 0 Å². The van der Waals surface area contributed by atoms with Crippen molar-refractivity contribution in [3.63, 3.8) is 0 Å². The third-order valence-corrected chi connectivity index (χ3v) is 15.1. The molecule has 15 aromatic rings. The van der Waals surface area contributed by atoms with Crippen molar-refractivity contribution in [1.29, 1.82) is 0 Å². The van der Waals surface area contributed by atoms with Gasteiger partial charge in [0.1, 0.15) is 0 Å². The number of halogens is 3. The summed E-state index contributed by atoms with van der Waals surface area (Å²) in [5.74, 6) is 0.825. The quantitative estimate of drug-likeness (QED) is 0.152. The lowest BCUT2D eigenvalue weighted by molar-refractivity contribution is -0.137. The number of rotatable bonds is 8. The molecule has 0 aliphatic carbocycles. The fourth-order valence-corrected chi connectivity index (χ4v) is 11.5. The van der Waals surface area contributed by atoms with Gasteiger partial charge in [0.2, 0.25) is 0 Å². The molecule has 0 bridgehead atoms. The van der Waals surface area contributed by atoms with Gasteiger partial charge in [-0.15, -0.1) is 0 Å². The Morgan fingerprint density at radius 3 is 1.35 bits per heavy atom. The minimum atomic E-state index is -4.71. The maximum absolute atomic E-state index is 15.5. The summed E-state index contributed by atoms with van der Waals surface area (Å²) in [4.78, 5) is 14.6. The molecule has 0 saturated heterocycles. The lowest BCUT2D eigenvalue weighted by atomic mass is 10.00. The lowest BCUT2D eigenvalue weighted by Crippen LogP contribution is -2.08. The highest BCUT2D eigenvalue weighted by atomic mass is 19.4. The molecule has 0 amide bonds. The van der Waals surface area contributed by atoms with Crippen molar-refractivity contribution in [2.24, 2.45) is 0 Å². The number of aromatic nitrogens is 7. The summed E-state index contributed by atoms with van der Waals surface area (Å²) < 4.78 is 55.2. The highest BCUT2D eigenvalue weighted by Gasteiger charge is 2.33. The lowest BCUT2D eigenvalue weighted by Gasteiger charge is -2.16. The molecule has 10 aromatic carbocycles. The van der Waals surface area contributed by atoms with Gasteiger partial charge in [-0.3, -0.25) is 0 Å². The second-order valence-electron chi connectivity index (χ2n) is 19.6. The molecular formula is C68H42F3N7. The number of hydrogen-bond acceptors (Lipinski definition) is 3. The molecule has 0 N–H and O–H groups in total. The van der Waals surface area contributed by atoms with E-state index in [0.717, 1.165) is 99.7 Å². The number of alkyl halides is 3. The van der Waals surface area contributed by atoms with E-state index in [1.54, 1.807) is 6.07 Å². The summed E-state index contributed by atoms with van der Waals surface area (Å²) >= 11 is 0. The highest BCUT2D eigenvalue weighted by molar-refractivity contribution is 6.21. The SMILES string of the molecule is FC(F)(F)c1cc(-c2nc(-c3ccccc3)nc(-c3ccccc3)n2)cc(-n2c3ccc(-c4ccc5c(c4)c4ccc6ccn(-c7ccccc7)c6c4n5-c4ccccc4)cc3c3ccc4c(ccn4-c4ccccc4)c32)c1. The van der Waals surface area contributed by atoms with Gasteiger partial charge in [-0.25, -0.2) is 15.0 Å². The van der Waals surface area contributed by atoms with Crippen LogP contribution in [-0.2, 0) is 6.18 Å². The molecule has 0 spiro atoms. The van der Waals surface area contributed by atoms with Crippen LogP contribution >= 0.6 is 0 Å². The molecule has 10 heteroatoms. The van der Waals surface area contributed by atoms with Crippen LogP contribution in [-0.4, -0.2) is 33.2 Å². The standard InChI is InChI=1S/C68H42F3N7/c69-68(70,71)49-38-48(67-73-65(44-16-6-1-7-17-44)72-66(74-67)45-18-8-2-9-19-45)39-53(42-49)78-61-32-28-46(40-57(61)54-30-33-59-56(63(54)78)35-37-75(59)50-20-10-3-11-21-50)47-27-31-60-58(41-47)55-29-26-43-34-36-76(51-22-12-4-13-23-51)62(43)64(55)77(60)52-24-14-5-15-25-52/h1-42H. The van der Waals surface area contributed by atoms with E-state index in [2.05, 4.69) is 135 Å². The summed E-state index contributed by atoms with van der Waals surface area (Å²) in [5.41, 5.74) is 11.9. The molecule has 370 valence electrons. The van der Waals surface area contributed by atoms with Gasteiger partial charge < -0.3 is 18.3 Å². The Morgan fingerprint density at radius 2 is 0.769 bits per heavy atom. The van der Waals surface area contributed by atoms with Gasteiger partial charge >= 0.3 is 6.18 Å². The minimum Gasteiger partial charge on any atom is -0.316 e. The van der Waals surface area contributed by atoms with Crippen molar-refractivity contribution in [3.8, 4) is 68.0 Å². The number of hydrogen-bond donors (Lipinski definition) is 0. The van der Waals surface area contributed by atoms with Gasteiger partial charge in [0, 0.05) is 84.2 Å². The molecule has 5 aromatic heterocycles. The molecule has 0 fully saturated rings. The van der Waals surface area contributed by atoms with Crippen molar-refractivity contribution in [3.05, 3.63) is 261 Å². The fraction of sp³-hybridized carbons (Fsp3) is 0.0147. The summed E-state index contributed by atoms with van der Waals surface area (Å²) in [5, 5.41) is 6.02. The second kappa shape index (κ2) is 17.6. The third-order valence-electron chi connectivity index (χ3n) is 15.1. The topological polar surface area (TPSA) is 58.4 Å². The number of nitrogens with zero attached hydrogens (tertiary/aromatic N) is 7. The zero-order chi connectivity index (χ0) is 52.1. The summed E-state index contributed by atoms with van der Waals surface area (Å²) in [6, 6.07) is 79.8. The van der Waals surface area contributed by atoms with E-state index in [9.17, 15) is 0 Å². The number of para-hydroxylation sites is 3. The summed E-state index contributed by atoms with van der Waals surface area (Å²) in [6.45, 7) is 0. The van der Waals surface area contributed by atoms with E-state index in [-0.39, 0.29) is 11.4 Å². The van der Waals surface area contributed by atoms with Crippen LogP contribution in [0.5, 0.6) is 0 Å². The molecule has 0 unspecified atom stereocenters. The second-order valence-corrected chi connectivity index (χ2v) is 19.6. The predicted molar refractivity (Wildman–Crippen MR) is 309 cm³/mol. The van der Waals surface area contributed by atoms with Crippen LogP contribution in [0.1, 0.15) is 5.56 Å². The van der Waals surface area contributed by atoms with Crippen LogP contribution in [0.3, 0.4) is 0 Å². The van der Waals surface area contributed by atoms with E-state index in [4.69, 9.17) is 15.0 Å². The molecule has 0 aliphatic rings. The molecule has 0 radical (unpaired) electrons. The van der Waals surface area contributed by atoms with E-state index >= 15 is 13.2 Å². The van der Waals surface area contributed by atoms with E-state index in [0.29, 0.717) is 28.5 Å². The molecule has 0 aliphatic heterocycles. The maximum atomic E-state index is 15.5. The molecule has 0 atom stereocenters. The zero-order valence-electron chi connectivity index (χ0n) is 41.5. The Bertz CT molecular complexity index is 4750. The first kappa shape index (κ1) is 45.1. The molecule has 15 rings (SSSR count). The predicted octanol–water partition coefficient (Wildman–Crippen LogP) is 17.6. The van der Waals surface area contributed by atoms with E-state index < -0.39 is 11.7 Å². The zero-order valence-corrected chi connectivity index (χ0v) is 41.5. The van der Waals surface area contributed by atoms with Gasteiger partial charge in [0.05, 0.1) is 38.7 Å². The van der Waals surface area contributed by atoms with Gasteiger partial charge in [0.25, 0.3) is 0 Å². The Balaban J connectivity index is 0.967. The fourth-order valence-electron chi connectivity index (χ4n) is 11.5. The van der Waals surface area contributed by atoms with Gasteiger partial charge in [-0.05, 0) is 108 Å². The molecular weight excluding hydrogens is 972 g/mol. The van der Waals surface area contributed by atoms with Gasteiger partial charge in [0.15, 0.2) is 17.5 Å². The summed E-state index contributed by atoms with van der Waals surface area (Å²) in [7, 11) is 0. The van der Waals surface area contributed by atoms with E-state index in [1.165, 1.54) is 6.07 Å². The van der Waals surface area contributed by atoms with E-state index in [1.807, 2.05) is 120 Å². The average Bonchev–Trinajstić information content (AvgIpc) is 4.44. The first-order valence-electron chi connectivity index (χ1n) is 25.7. The average molecular weight is 1010 g/mol. The Labute approximate surface area is 444 Å². The normalized spacial score (nSPS) is 12.0. The minimum absolute atomic E-state index is 0.122. The Hall–Kier alpha value is -10.3. The molecule has 5 heterocycles. The maximum Gasteiger partial charge on any atom is 0.416 e. The largest absolute Gasteiger partial charge is 0.416 e. The van der Waals surface area contributed by atoms with Crippen molar-refractivity contribution >= 4 is 65.4 Å².